The SMILES string of the molecule is COc1c(C)c(F)c(C)c(CC2CCNCC2)c1O. The van der Waals surface area contributed by atoms with Gasteiger partial charge in [-0.2, -0.15) is 0 Å². The summed E-state index contributed by atoms with van der Waals surface area (Å²) in [6.45, 7) is 5.36. The number of methoxy groups -OCH3 is 1. The zero-order valence-corrected chi connectivity index (χ0v) is 11.8. The lowest BCUT2D eigenvalue weighted by Gasteiger charge is -2.24. The lowest BCUT2D eigenvalue weighted by Crippen LogP contribution is -2.28. The molecule has 1 saturated heterocycles. The molecule has 0 aliphatic carbocycles. The van der Waals surface area contributed by atoms with Crippen LogP contribution < -0.4 is 10.1 Å². The number of phenolic OH excluding ortho intramolecular Hbond substituents is 1. The predicted octanol–water partition coefficient (Wildman–Crippen LogP) is 2.70. The Hall–Kier alpha value is -1.29. The van der Waals surface area contributed by atoms with Crippen molar-refractivity contribution in [1.29, 1.82) is 0 Å². The molecular weight excluding hydrogens is 245 g/mol. The highest BCUT2D eigenvalue weighted by atomic mass is 19.1. The first-order valence-electron chi connectivity index (χ1n) is 6.81. The molecule has 106 valence electrons. The molecule has 1 aliphatic heterocycles. The van der Waals surface area contributed by atoms with Crippen molar-refractivity contribution in [3.8, 4) is 11.5 Å². The predicted molar refractivity (Wildman–Crippen MR) is 73.4 cm³/mol. The van der Waals surface area contributed by atoms with Gasteiger partial charge in [0.15, 0.2) is 11.5 Å². The summed E-state index contributed by atoms with van der Waals surface area (Å²) in [5.41, 5.74) is 1.63. The first-order valence-corrected chi connectivity index (χ1v) is 6.81. The second kappa shape index (κ2) is 5.78. The zero-order chi connectivity index (χ0) is 14.0. The smallest absolute Gasteiger partial charge is 0.166 e. The molecule has 19 heavy (non-hydrogen) atoms. The van der Waals surface area contributed by atoms with E-state index in [1.165, 1.54) is 7.11 Å². The number of ether oxygens (including phenoxy) is 1. The van der Waals surface area contributed by atoms with Crippen LogP contribution in [0.2, 0.25) is 0 Å². The number of hydrogen-bond donors (Lipinski definition) is 2. The molecule has 1 aromatic rings. The molecule has 0 radical (unpaired) electrons. The van der Waals surface area contributed by atoms with Gasteiger partial charge in [-0.25, -0.2) is 4.39 Å². The molecule has 2 N–H and O–H groups in total. The van der Waals surface area contributed by atoms with Gasteiger partial charge in [0.05, 0.1) is 7.11 Å². The maximum atomic E-state index is 14.2. The van der Waals surface area contributed by atoms with Crippen LogP contribution in [0.5, 0.6) is 11.5 Å². The van der Waals surface area contributed by atoms with Gasteiger partial charge in [-0.15, -0.1) is 0 Å². The van der Waals surface area contributed by atoms with Gasteiger partial charge in [0.1, 0.15) is 5.82 Å². The number of phenols is 1. The number of benzene rings is 1. The molecule has 3 nitrogen and oxygen atoms in total. The van der Waals surface area contributed by atoms with E-state index in [4.69, 9.17) is 4.74 Å². The number of rotatable bonds is 3. The monoisotopic (exact) mass is 267 g/mol. The molecule has 1 fully saturated rings. The molecule has 0 unspecified atom stereocenters. The molecule has 1 aliphatic rings. The average molecular weight is 267 g/mol. The van der Waals surface area contributed by atoms with Crippen molar-refractivity contribution in [2.45, 2.75) is 33.1 Å². The van der Waals surface area contributed by atoms with Crippen LogP contribution in [0.4, 0.5) is 4.39 Å². The van der Waals surface area contributed by atoms with Crippen molar-refractivity contribution in [2.24, 2.45) is 5.92 Å². The Morgan fingerprint density at radius 2 is 1.89 bits per heavy atom. The molecule has 0 aromatic heterocycles. The molecular formula is C15H22FNO2. The van der Waals surface area contributed by atoms with E-state index < -0.39 is 0 Å². The quantitative estimate of drug-likeness (QED) is 0.884. The maximum Gasteiger partial charge on any atom is 0.166 e. The highest BCUT2D eigenvalue weighted by Crippen LogP contribution is 2.39. The summed E-state index contributed by atoms with van der Waals surface area (Å²) >= 11 is 0. The van der Waals surface area contributed by atoms with Crippen molar-refractivity contribution >= 4 is 0 Å². The van der Waals surface area contributed by atoms with Gasteiger partial charge in [-0.3, -0.25) is 0 Å². The zero-order valence-electron chi connectivity index (χ0n) is 11.8. The van der Waals surface area contributed by atoms with Crippen LogP contribution in [0.15, 0.2) is 0 Å². The molecule has 1 heterocycles. The van der Waals surface area contributed by atoms with Crippen LogP contribution in [0, 0.1) is 25.6 Å². The van der Waals surface area contributed by atoms with Gasteiger partial charge < -0.3 is 15.2 Å². The topological polar surface area (TPSA) is 41.5 Å². The first kappa shape index (κ1) is 14.1. The van der Waals surface area contributed by atoms with Crippen molar-refractivity contribution < 1.29 is 14.2 Å². The number of aromatic hydroxyl groups is 1. The molecule has 0 bridgehead atoms. The Labute approximate surface area is 113 Å². The molecule has 4 heteroatoms. The molecule has 0 atom stereocenters. The van der Waals surface area contributed by atoms with Crippen LogP contribution in [0.3, 0.4) is 0 Å². The first-order chi connectivity index (χ1) is 9.06. The summed E-state index contributed by atoms with van der Waals surface area (Å²) in [4.78, 5) is 0. The largest absolute Gasteiger partial charge is 0.504 e. The number of piperidine rings is 1. The molecule has 2 rings (SSSR count). The van der Waals surface area contributed by atoms with Crippen molar-refractivity contribution in [3.05, 3.63) is 22.5 Å². The van der Waals surface area contributed by atoms with Crippen molar-refractivity contribution in [2.75, 3.05) is 20.2 Å². The van der Waals surface area contributed by atoms with E-state index in [9.17, 15) is 9.50 Å². The standard InChI is InChI=1S/C15H22FNO2/c1-9-12(8-11-4-6-17-7-5-11)14(18)15(19-3)10(2)13(9)16/h11,17-18H,4-8H2,1-3H3. The van der Waals surface area contributed by atoms with E-state index in [1.807, 2.05) is 0 Å². The third kappa shape index (κ3) is 2.68. The van der Waals surface area contributed by atoms with E-state index in [2.05, 4.69) is 5.32 Å². The summed E-state index contributed by atoms with van der Waals surface area (Å²) in [7, 11) is 1.46. The fourth-order valence-corrected chi connectivity index (χ4v) is 2.88. The summed E-state index contributed by atoms with van der Waals surface area (Å²) in [5.74, 6) is 0.612. The van der Waals surface area contributed by atoms with Gasteiger partial charge in [0.25, 0.3) is 0 Å². The van der Waals surface area contributed by atoms with E-state index in [0.717, 1.165) is 25.9 Å². The highest BCUT2D eigenvalue weighted by molar-refractivity contribution is 5.55. The van der Waals surface area contributed by atoms with Crippen LogP contribution in [0.1, 0.15) is 29.5 Å². The fraction of sp³-hybridized carbons (Fsp3) is 0.600. The number of hydrogen-bond acceptors (Lipinski definition) is 3. The van der Waals surface area contributed by atoms with Gasteiger partial charge in [0.2, 0.25) is 0 Å². The molecule has 0 saturated carbocycles. The second-order valence-corrected chi connectivity index (χ2v) is 5.32. The van der Waals surface area contributed by atoms with E-state index in [0.29, 0.717) is 29.0 Å². The van der Waals surface area contributed by atoms with Gasteiger partial charge in [-0.05, 0) is 57.7 Å². The van der Waals surface area contributed by atoms with Crippen molar-refractivity contribution in [1.82, 2.24) is 5.32 Å². The fourth-order valence-electron chi connectivity index (χ4n) is 2.88. The third-order valence-corrected chi connectivity index (χ3v) is 4.11. The number of halogens is 1. The Morgan fingerprint density at radius 1 is 1.26 bits per heavy atom. The molecule has 1 aromatic carbocycles. The van der Waals surface area contributed by atoms with E-state index in [-0.39, 0.29) is 17.3 Å². The lowest BCUT2D eigenvalue weighted by molar-refractivity contribution is 0.346. The highest BCUT2D eigenvalue weighted by Gasteiger charge is 2.23. The molecule has 0 amide bonds. The Bertz CT molecular complexity index is 468. The maximum absolute atomic E-state index is 14.2. The average Bonchev–Trinajstić information content (AvgIpc) is 2.43. The van der Waals surface area contributed by atoms with Gasteiger partial charge in [-0.1, -0.05) is 0 Å². The Morgan fingerprint density at radius 3 is 2.47 bits per heavy atom. The minimum absolute atomic E-state index is 0.109. The third-order valence-electron chi connectivity index (χ3n) is 4.11. The van der Waals surface area contributed by atoms with Crippen molar-refractivity contribution in [3.63, 3.8) is 0 Å². The molecule has 0 spiro atoms. The minimum atomic E-state index is -0.265. The van der Waals surface area contributed by atoms with E-state index in [1.54, 1.807) is 13.8 Å². The summed E-state index contributed by atoms with van der Waals surface area (Å²) < 4.78 is 19.3. The van der Waals surface area contributed by atoms with Crippen LogP contribution >= 0.6 is 0 Å². The minimum Gasteiger partial charge on any atom is -0.504 e. The van der Waals surface area contributed by atoms with Crippen LogP contribution in [-0.2, 0) is 6.42 Å². The Balaban J connectivity index is 2.35. The summed E-state index contributed by atoms with van der Waals surface area (Å²) in [6, 6.07) is 0. The van der Waals surface area contributed by atoms with Crippen LogP contribution in [-0.4, -0.2) is 25.3 Å². The Kier molecular flexibility index (Phi) is 4.30. The summed E-state index contributed by atoms with van der Waals surface area (Å²) in [6.07, 6.45) is 2.85. The summed E-state index contributed by atoms with van der Waals surface area (Å²) in [5, 5.41) is 13.6. The second-order valence-electron chi connectivity index (χ2n) is 5.32. The van der Waals surface area contributed by atoms with Crippen LogP contribution in [0.25, 0.3) is 0 Å². The van der Waals surface area contributed by atoms with E-state index >= 15 is 0 Å². The van der Waals surface area contributed by atoms with Gasteiger partial charge in [0, 0.05) is 11.1 Å². The van der Waals surface area contributed by atoms with Gasteiger partial charge >= 0.3 is 0 Å². The number of nitrogens with one attached hydrogen (secondary N) is 1. The lowest BCUT2D eigenvalue weighted by atomic mass is 9.88. The normalized spacial score (nSPS) is 16.6.